The zero-order valence-electron chi connectivity index (χ0n) is 7.21. The molecule has 72 valence electrons. The second kappa shape index (κ2) is 3.84. The molecule has 4 heteroatoms. The highest BCUT2D eigenvalue weighted by Gasteiger charge is 2.08. The van der Waals surface area contributed by atoms with E-state index in [0.717, 1.165) is 11.8 Å². The molecule has 0 aliphatic carbocycles. The Morgan fingerprint density at radius 3 is 2.86 bits per heavy atom. The molecular formula is C10H7F2NS. The summed E-state index contributed by atoms with van der Waals surface area (Å²) in [5, 5.41) is 1.82. The Hall–Kier alpha value is -1.29. The number of aromatic nitrogens is 1. The van der Waals surface area contributed by atoms with Crippen LogP contribution in [0.25, 0.3) is 0 Å². The average molecular weight is 211 g/mol. The topological polar surface area (TPSA) is 12.9 Å². The van der Waals surface area contributed by atoms with Crippen LogP contribution in [0, 0.1) is 11.6 Å². The number of benzene rings is 1. The van der Waals surface area contributed by atoms with Crippen molar-refractivity contribution in [3.05, 3.63) is 52.0 Å². The number of hydrogen-bond acceptors (Lipinski definition) is 2. The molecule has 0 atom stereocenters. The van der Waals surface area contributed by atoms with Crippen LogP contribution in [0.2, 0.25) is 0 Å². The fraction of sp³-hybridized carbons (Fsp3) is 0.100. The van der Waals surface area contributed by atoms with Crippen LogP contribution < -0.4 is 0 Å². The Balaban J connectivity index is 2.29. The van der Waals surface area contributed by atoms with Gasteiger partial charge in [-0.3, -0.25) is 0 Å². The van der Waals surface area contributed by atoms with Gasteiger partial charge in [0.1, 0.15) is 0 Å². The quantitative estimate of drug-likeness (QED) is 0.744. The molecule has 0 aliphatic rings. The van der Waals surface area contributed by atoms with Crippen molar-refractivity contribution in [2.24, 2.45) is 0 Å². The van der Waals surface area contributed by atoms with E-state index >= 15 is 0 Å². The van der Waals surface area contributed by atoms with E-state index in [1.165, 1.54) is 17.4 Å². The smallest absolute Gasteiger partial charge is 0.162 e. The average Bonchev–Trinajstić information content (AvgIpc) is 2.66. The molecule has 1 heterocycles. The number of thiazole rings is 1. The van der Waals surface area contributed by atoms with Crippen molar-refractivity contribution in [1.82, 2.24) is 4.98 Å². The van der Waals surface area contributed by atoms with Gasteiger partial charge in [0.25, 0.3) is 0 Å². The van der Waals surface area contributed by atoms with E-state index in [1.807, 2.05) is 5.38 Å². The number of hydrogen-bond donors (Lipinski definition) is 0. The van der Waals surface area contributed by atoms with E-state index in [4.69, 9.17) is 0 Å². The minimum absolute atomic E-state index is 0.340. The van der Waals surface area contributed by atoms with Crippen molar-refractivity contribution >= 4 is 11.3 Å². The van der Waals surface area contributed by atoms with Gasteiger partial charge in [-0.25, -0.2) is 13.8 Å². The maximum Gasteiger partial charge on any atom is 0.162 e. The third-order valence-corrected chi connectivity index (χ3v) is 2.52. The molecule has 0 fully saturated rings. The van der Waals surface area contributed by atoms with E-state index in [9.17, 15) is 8.78 Å². The molecule has 2 aromatic rings. The molecule has 0 amide bonds. The first-order valence-corrected chi connectivity index (χ1v) is 5.01. The van der Waals surface area contributed by atoms with Gasteiger partial charge in [0, 0.05) is 11.8 Å². The monoisotopic (exact) mass is 211 g/mol. The summed E-state index contributed by atoms with van der Waals surface area (Å²) in [6.07, 6.45) is 0.340. The zero-order chi connectivity index (χ0) is 9.97. The van der Waals surface area contributed by atoms with E-state index in [0.29, 0.717) is 12.0 Å². The van der Waals surface area contributed by atoms with Gasteiger partial charge < -0.3 is 0 Å². The van der Waals surface area contributed by atoms with Crippen molar-refractivity contribution in [2.75, 3.05) is 0 Å². The van der Waals surface area contributed by atoms with E-state index in [1.54, 1.807) is 11.6 Å². The lowest BCUT2D eigenvalue weighted by Gasteiger charge is -2.00. The highest BCUT2D eigenvalue weighted by molar-refractivity contribution is 7.07. The predicted octanol–water partition coefficient (Wildman–Crippen LogP) is 3.01. The Morgan fingerprint density at radius 1 is 1.29 bits per heavy atom. The normalized spacial score (nSPS) is 10.4. The summed E-state index contributed by atoms with van der Waals surface area (Å²) in [4.78, 5) is 4.01. The minimum Gasteiger partial charge on any atom is -0.249 e. The standard InChI is InChI=1S/C10H7F2NS/c11-9-3-1-2-7(10(9)12)4-8-5-14-6-13-8/h1-3,5-6H,4H2. The highest BCUT2D eigenvalue weighted by Crippen LogP contribution is 2.15. The molecule has 14 heavy (non-hydrogen) atoms. The summed E-state index contributed by atoms with van der Waals surface area (Å²) in [6.45, 7) is 0. The Bertz CT molecular complexity index is 426. The molecule has 1 aromatic heterocycles. The highest BCUT2D eigenvalue weighted by atomic mass is 32.1. The largest absolute Gasteiger partial charge is 0.249 e. The van der Waals surface area contributed by atoms with Gasteiger partial charge in [-0.1, -0.05) is 12.1 Å². The summed E-state index contributed by atoms with van der Waals surface area (Å²) >= 11 is 1.44. The first kappa shape index (κ1) is 9.27. The van der Waals surface area contributed by atoms with Gasteiger partial charge in [-0.05, 0) is 11.6 Å². The van der Waals surface area contributed by atoms with Crippen LogP contribution in [0.5, 0.6) is 0 Å². The fourth-order valence-electron chi connectivity index (χ4n) is 1.20. The van der Waals surface area contributed by atoms with Crippen molar-refractivity contribution in [1.29, 1.82) is 0 Å². The van der Waals surface area contributed by atoms with Crippen molar-refractivity contribution in [3.8, 4) is 0 Å². The molecule has 1 aromatic carbocycles. The van der Waals surface area contributed by atoms with Crippen LogP contribution in [0.15, 0.2) is 29.1 Å². The van der Waals surface area contributed by atoms with Crippen LogP contribution in [-0.4, -0.2) is 4.98 Å². The molecule has 0 bridgehead atoms. The molecular weight excluding hydrogens is 204 g/mol. The van der Waals surface area contributed by atoms with Crippen LogP contribution in [0.1, 0.15) is 11.3 Å². The van der Waals surface area contributed by atoms with E-state index in [2.05, 4.69) is 4.98 Å². The van der Waals surface area contributed by atoms with Crippen molar-refractivity contribution in [3.63, 3.8) is 0 Å². The third-order valence-electron chi connectivity index (χ3n) is 1.89. The third kappa shape index (κ3) is 1.80. The fourth-order valence-corrected chi connectivity index (χ4v) is 1.76. The van der Waals surface area contributed by atoms with Gasteiger partial charge in [0.2, 0.25) is 0 Å². The number of halogens is 2. The van der Waals surface area contributed by atoms with Crippen molar-refractivity contribution < 1.29 is 8.78 Å². The van der Waals surface area contributed by atoms with Gasteiger partial charge in [0.15, 0.2) is 11.6 Å². The lowest BCUT2D eigenvalue weighted by atomic mass is 10.1. The molecule has 2 rings (SSSR count). The van der Waals surface area contributed by atoms with Gasteiger partial charge in [0.05, 0.1) is 11.2 Å². The van der Waals surface area contributed by atoms with Crippen LogP contribution in [0.3, 0.4) is 0 Å². The van der Waals surface area contributed by atoms with E-state index in [-0.39, 0.29) is 0 Å². The summed E-state index contributed by atoms with van der Waals surface area (Å²) < 4.78 is 26.0. The summed E-state index contributed by atoms with van der Waals surface area (Å²) in [6, 6.07) is 4.18. The zero-order valence-corrected chi connectivity index (χ0v) is 8.02. The summed E-state index contributed by atoms with van der Waals surface area (Å²) in [7, 11) is 0. The molecule has 0 saturated carbocycles. The predicted molar refractivity (Wildman–Crippen MR) is 51.3 cm³/mol. The van der Waals surface area contributed by atoms with Crippen LogP contribution in [0.4, 0.5) is 8.78 Å². The van der Waals surface area contributed by atoms with Crippen molar-refractivity contribution in [2.45, 2.75) is 6.42 Å². The maximum absolute atomic E-state index is 13.2. The van der Waals surface area contributed by atoms with Gasteiger partial charge in [-0.15, -0.1) is 11.3 Å². The van der Waals surface area contributed by atoms with Crippen LogP contribution >= 0.6 is 11.3 Å². The molecule has 0 spiro atoms. The Labute approximate surface area is 84.0 Å². The van der Waals surface area contributed by atoms with Gasteiger partial charge in [-0.2, -0.15) is 0 Å². The van der Waals surface area contributed by atoms with Gasteiger partial charge >= 0.3 is 0 Å². The number of rotatable bonds is 2. The first-order chi connectivity index (χ1) is 6.77. The lowest BCUT2D eigenvalue weighted by Crippen LogP contribution is -1.95. The molecule has 0 aliphatic heterocycles. The Morgan fingerprint density at radius 2 is 2.14 bits per heavy atom. The van der Waals surface area contributed by atoms with Crippen LogP contribution in [-0.2, 0) is 6.42 Å². The first-order valence-electron chi connectivity index (χ1n) is 4.07. The minimum atomic E-state index is -0.808. The molecule has 0 radical (unpaired) electrons. The Kier molecular flexibility index (Phi) is 2.54. The molecule has 1 nitrogen and oxygen atoms in total. The number of nitrogens with zero attached hydrogens (tertiary/aromatic N) is 1. The maximum atomic E-state index is 13.2. The summed E-state index contributed by atoms with van der Waals surface area (Å²) in [5.74, 6) is -1.58. The lowest BCUT2D eigenvalue weighted by molar-refractivity contribution is 0.500. The SMILES string of the molecule is Fc1cccc(Cc2cscn2)c1F. The van der Waals surface area contributed by atoms with E-state index < -0.39 is 11.6 Å². The molecule has 0 N–H and O–H groups in total. The molecule has 0 saturated heterocycles. The second-order valence-electron chi connectivity index (χ2n) is 2.87. The second-order valence-corrected chi connectivity index (χ2v) is 3.59. The summed E-state index contributed by atoms with van der Waals surface area (Å²) in [5.41, 5.74) is 2.78. The molecule has 0 unspecified atom stereocenters.